The van der Waals surface area contributed by atoms with Crippen LogP contribution in [-0.2, 0) is 0 Å². The van der Waals surface area contributed by atoms with Crippen LogP contribution in [0.15, 0.2) is 18.3 Å². The maximum atomic E-state index is 12.2. The molecule has 0 spiro atoms. The van der Waals surface area contributed by atoms with Crippen LogP contribution in [0.5, 0.6) is 0 Å². The van der Waals surface area contributed by atoms with Crippen LogP contribution in [-0.4, -0.2) is 34.8 Å². The normalized spacial score (nSPS) is 17.2. The molecule has 0 atom stereocenters. The number of amides is 1. The van der Waals surface area contributed by atoms with Gasteiger partial charge in [-0.2, -0.15) is 0 Å². The number of nitrogens with zero attached hydrogens (tertiary/aromatic N) is 2. The van der Waals surface area contributed by atoms with Crippen molar-refractivity contribution in [3.8, 4) is 0 Å². The maximum Gasteiger partial charge on any atom is 0.253 e. The second kappa shape index (κ2) is 5.50. The Bertz CT molecular complexity index is 400. The first-order valence-corrected chi connectivity index (χ1v) is 6.52. The van der Waals surface area contributed by atoms with E-state index in [2.05, 4.69) is 4.98 Å². The molecule has 0 aromatic carbocycles. The summed E-state index contributed by atoms with van der Waals surface area (Å²) in [5.74, 6) is 1.39. The molecule has 92 valence electrons. The number of alkyl halides is 1. The number of hydrogen-bond acceptors (Lipinski definition) is 2. The molecule has 2 rings (SSSR count). The van der Waals surface area contributed by atoms with Crippen LogP contribution in [0.1, 0.15) is 28.9 Å². The predicted molar refractivity (Wildman–Crippen MR) is 68.3 cm³/mol. The molecular formula is C13H17ClN2O. The Hall–Kier alpha value is -1.09. The Balaban J connectivity index is 2.02. The van der Waals surface area contributed by atoms with Crippen molar-refractivity contribution in [3.05, 3.63) is 29.6 Å². The molecule has 0 radical (unpaired) electrons. The topological polar surface area (TPSA) is 33.2 Å². The first kappa shape index (κ1) is 12.4. The monoisotopic (exact) mass is 252 g/mol. The Morgan fingerprint density at radius 3 is 2.82 bits per heavy atom. The number of hydrogen-bond donors (Lipinski definition) is 0. The summed E-state index contributed by atoms with van der Waals surface area (Å²) >= 11 is 5.83. The molecule has 1 aromatic heterocycles. The summed E-state index contributed by atoms with van der Waals surface area (Å²) in [5.41, 5.74) is 1.62. The lowest BCUT2D eigenvalue weighted by Gasteiger charge is -2.31. The first-order chi connectivity index (χ1) is 8.20. The molecule has 3 nitrogen and oxygen atoms in total. The summed E-state index contributed by atoms with van der Waals surface area (Å²) in [6, 6.07) is 3.62. The quantitative estimate of drug-likeness (QED) is 0.758. The molecule has 0 aliphatic carbocycles. The third-order valence-corrected chi connectivity index (χ3v) is 3.70. The SMILES string of the molecule is Cc1cc(C(=O)N2CCC(CCl)CC2)ccn1. The van der Waals surface area contributed by atoms with Gasteiger partial charge in [0.1, 0.15) is 0 Å². The number of pyridine rings is 1. The molecule has 1 aliphatic heterocycles. The molecule has 0 saturated carbocycles. The van der Waals surface area contributed by atoms with Crippen molar-refractivity contribution in [1.29, 1.82) is 0 Å². The summed E-state index contributed by atoms with van der Waals surface area (Å²) in [5, 5.41) is 0. The summed E-state index contributed by atoms with van der Waals surface area (Å²) in [4.78, 5) is 18.2. The van der Waals surface area contributed by atoms with E-state index in [4.69, 9.17) is 11.6 Å². The van der Waals surface area contributed by atoms with Gasteiger partial charge in [0.25, 0.3) is 5.91 Å². The van der Waals surface area contributed by atoms with E-state index in [1.165, 1.54) is 0 Å². The predicted octanol–water partition coefficient (Wildman–Crippen LogP) is 2.48. The molecular weight excluding hydrogens is 236 g/mol. The van der Waals surface area contributed by atoms with Crippen molar-refractivity contribution >= 4 is 17.5 Å². The van der Waals surface area contributed by atoms with E-state index < -0.39 is 0 Å². The van der Waals surface area contributed by atoms with E-state index in [0.29, 0.717) is 11.8 Å². The molecule has 4 heteroatoms. The van der Waals surface area contributed by atoms with Crippen molar-refractivity contribution in [2.24, 2.45) is 5.92 Å². The molecule has 0 unspecified atom stereocenters. The average Bonchev–Trinajstić information content (AvgIpc) is 2.38. The molecule has 0 N–H and O–H groups in total. The number of halogens is 1. The molecule has 1 saturated heterocycles. The Labute approximate surface area is 107 Å². The van der Waals surface area contributed by atoms with Crippen LogP contribution < -0.4 is 0 Å². The first-order valence-electron chi connectivity index (χ1n) is 5.98. The highest BCUT2D eigenvalue weighted by atomic mass is 35.5. The molecule has 1 aromatic rings. The van der Waals surface area contributed by atoms with E-state index in [-0.39, 0.29) is 5.91 Å². The van der Waals surface area contributed by atoms with Gasteiger partial charge >= 0.3 is 0 Å². The molecule has 2 heterocycles. The van der Waals surface area contributed by atoms with Gasteiger partial charge in [-0.15, -0.1) is 11.6 Å². The van der Waals surface area contributed by atoms with Gasteiger partial charge in [0.15, 0.2) is 0 Å². The lowest BCUT2D eigenvalue weighted by Crippen LogP contribution is -2.38. The Morgan fingerprint density at radius 2 is 2.24 bits per heavy atom. The number of likely N-dealkylation sites (tertiary alicyclic amines) is 1. The molecule has 1 aliphatic rings. The molecule has 1 fully saturated rings. The standard InChI is InChI=1S/C13H17ClN2O/c1-10-8-12(2-5-15-10)13(17)16-6-3-11(9-14)4-7-16/h2,5,8,11H,3-4,6-7,9H2,1H3. The lowest BCUT2D eigenvalue weighted by atomic mass is 9.98. The van der Waals surface area contributed by atoms with Crippen LogP contribution in [0.25, 0.3) is 0 Å². The van der Waals surface area contributed by atoms with Crippen LogP contribution in [0, 0.1) is 12.8 Å². The van der Waals surface area contributed by atoms with E-state index >= 15 is 0 Å². The van der Waals surface area contributed by atoms with E-state index in [1.807, 2.05) is 17.9 Å². The lowest BCUT2D eigenvalue weighted by molar-refractivity contribution is 0.0698. The highest BCUT2D eigenvalue weighted by Gasteiger charge is 2.23. The summed E-state index contributed by atoms with van der Waals surface area (Å²) in [7, 11) is 0. The van der Waals surface area contributed by atoms with Crippen LogP contribution in [0.3, 0.4) is 0 Å². The zero-order chi connectivity index (χ0) is 12.3. The number of carbonyl (C=O) groups excluding carboxylic acids is 1. The van der Waals surface area contributed by atoms with E-state index in [1.54, 1.807) is 12.3 Å². The highest BCUT2D eigenvalue weighted by Crippen LogP contribution is 2.20. The van der Waals surface area contributed by atoms with Crippen molar-refractivity contribution in [2.75, 3.05) is 19.0 Å². The van der Waals surface area contributed by atoms with Gasteiger partial charge in [0.05, 0.1) is 0 Å². The maximum absolute atomic E-state index is 12.2. The zero-order valence-electron chi connectivity index (χ0n) is 10.0. The third-order valence-electron chi connectivity index (χ3n) is 3.26. The molecule has 17 heavy (non-hydrogen) atoms. The largest absolute Gasteiger partial charge is 0.339 e. The fraction of sp³-hybridized carbons (Fsp3) is 0.538. The summed E-state index contributed by atoms with van der Waals surface area (Å²) < 4.78 is 0. The smallest absolute Gasteiger partial charge is 0.253 e. The Morgan fingerprint density at radius 1 is 1.53 bits per heavy atom. The third kappa shape index (κ3) is 2.97. The number of aryl methyl sites for hydroxylation is 1. The van der Waals surface area contributed by atoms with Gasteiger partial charge in [-0.05, 0) is 37.8 Å². The summed E-state index contributed by atoms with van der Waals surface area (Å²) in [6.07, 6.45) is 3.71. The average molecular weight is 253 g/mol. The van der Waals surface area contributed by atoms with Crippen molar-refractivity contribution < 1.29 is 4.79 Å². The van der Waals surface area contributed by atoms with Crippen molar-refractivity contribution in [1.82, 2.24) is 9.88 Å². The minimum absolute atomic E-state index is 0.114. The Kier molecular flexibility index (Phi) is 4.00. The number of carbonyl (C=O) groups is 1. The van der Waals surface area contributed by atoms with Crippen LogP contribution in [0.2, 0.25) is 0 Å². The molecule has 0 bridgehead atoms. The van der Waals surface area contributed by atoms with Gasteiger partial charge in [0, 0.05) is 36.4 Å². The van der Waals surface area contributed by atoms with E-state index in [9.17, 15) is 4.79 Å². The van der Waals surface area contributed by atoms with Gasteiger partial charge < -0.3 is 4.90 Å². The minimum Gasteiger partial charge on any atom is -0.339 e. The number of aromatic nitrogens is 1. The van der Waals surface area contributed by atoms with Gasteiger partial charge in [-0.3, -0.25) is 9.78 Å². The van der Waals surface area contributed by atoms with Crippen molar-refractivity contribution in [3.63, 3.8) is 0 Å². The van der Waals surface area contributed by atoms with Crippen LogP contribution >= 0.6 is 11.6 Å². The van der Waals surface area contributed by atoms with Crippen LogP contribution in [0.4, 0.5) is 0 Å². The number of rotatable bonds is 2. The zero-order valence-corrected chi connectivity index (χ0v) is 10.8. The van der Waals surface area contributed by atoms with Gasteiger partial charge in [0.2, 0.25) is 0 Å². The highest BCUT2D eigenvalue weighted by molar-refractivity contribution is 6.18. The van der Waals surface area contributed by atoms with Gasteiger partial charge in [-0.1, -0.05) is 0 Å². The minimum atomic E-state index is 0.114. The second-order valence-corrected chi connectivity index (χ2v) is 4.88. The van der Waals surface area contributed by atoms with Crippen molar-refractivity contribution in [2.45, 2.75) is 19.8 Å². The second-order valence-electron chi connectivity index (χ2n) is 4.58. The summed E-state index contributed by atoms with van der Waals surface area (Å²) in [6.45, 7) is 3.53. The van der Waals surface area contributed by atoms with Gasteiger partial charge in [-0.25, -0.2) is 0 Å². The fourth-order valence-corrected chi connectivity index (χ4v) is 2.46. The fourth-order valence-electron chi connectivity index (χ4n) is 2.15. The number of piperidine rings is 1. The van der Waals surface area contributed by atoms with E-state index in [0.717, 1.165) is 37.2 Å². The molecule has 1 amide bonds.